The normalized spacial score (nSPS) is 12.3. The molecule has 0 radical (unpaired) electrons. The molecule has 234 valence electrons. The molecule has 0 aliphatic rings. The molecule has 0 aliphatic heterocycles. The maximum absolute atomic E-state index is 13.5. The molecule has 0 saturated heterocycles. The summed E-state index contributed by atoms with van der Waals surface area (Å²) >= 11 is 1.45. The largest absolute Gasteiger partial charge is 0.443 e. The third kappa shape index (κ3) is 7.48. The fourth-order valence-electron chi connectivity index (χ4n) is 3.75. The van der Waals surface area contributed by atoms with Gasteiger partial charge < -0.3 is 13.9 Å². The number of amides is 2. The van der Waals surface area contributed by atoms with E-state index in [1.54, 1.807) is 67.5 Å². The summed E-state index contributed by atoms with van der Waals surface area (Å²) in [4.78, 5) is 38.6. The Morgan fingerprint density at radius 2 is 1.45 bits per heavy atom. The van der Waals surface area contributed by atoms with E-state index in [-0.39, 0.29) is 33.9 Å². The minimum absolute atomic E-state index is 0.0925. The van der Waals surface area contributed by atoms with Crippen LogP contribution in [0.1, 0.15) is 60.3 Å². The Labute approximate surface area is 260 Å². The van der Waals surface area contributed by atoms with Gasteiger partial charge in [-0.15, -0.1) is 21.5 Å². The van der Waals surface area contributed by atoms with E-state index in [0.717, 1.165) is 4.88 Å². The molecule has 0 saturated carbocycles. The van der Waals surface area contributed by atoms with Crippen LogP contribution in [0.4, 0.5) is 15.4 Å². The maximum atomic E-state index is 13.5. The van der Waals surface area contributed by atoms with Crippen LogP contribution in [-0.4, -0.2) is 57.2 Å². The van der Waals surface area contributed by atoms with Gasteiger partial charge in [0.15, 0.2) is 21.3 Å². The van der Waals surface area contributed by atoms with Crippen molar-refractivity contribution >= 4 is 39.2 Å². The third-order valence-electron chi connectivity index (χ3n) is 5.80. The molecule has 0 aliphatic carbocycles. The van der Waals surface area contributed by atoms with Crippen LogP contribution in [0.3, 0.4) is 0 Å². The smallest absolute Gasteiger partial charge is 0.425 e. The Morgan fingerprint density at radius 3 is 1.95 bits per heavy atom. The van der Waals surface area contributed by atoms with Crippen LogP contribution in [0.5, 0.6) is 0 Å². The van der Waals surface area contributed by atoms with Crippen LogP contribution >= 0.6 is 11.3 Å². The number of aryl methyl sites for hydroxylation is 1. The number of carbonyl (C=O) groups is 2. The number of anilines is 1. The number of ether oxygens (including phenoxy) is 2. The number of thiophene rings is 1. The Hall–Kier alpha value is -4.17. The lowest BCUT2D eigenvalue weighted by Gasteiger charge is -2.28. The van der Waals surface area contributed by atoms with Gasteiger partial charge in [0.25, 0.3) is 11.8 Å². The van der Waals surface area contributed by atoms with Crippen molar-refractivity contribution in [2.45, 2.75) is 83.7 Å². The number of aromatic nitrogens is 4. The van der Waals surface area contributed by atoms with E-state index in [1.165, 1.54) is 29.7 Å². The molecule has 3 heterocycles. The SMILES string of the molecule is Cc1ccc(-c2nnc(-c3nc(-c4ccc(S(=O)(=O)C(C)C)cc4)cnc3N(C(=O)OC(C)(C)C)C(=O)OC(C)(C)C)o2)s1. The topological polar surface area (TPSA) is 155 Å². The van der Waals surface area contributed by atoms with Gasteiger partial charge in [0, 0.05) is 10.4 Å². The third-order valence-corrected chi connectivity index (χ3v) is 8.95. The van der Waals surface area contributed by atoms with E-state index < -0.39 is 38.5 Å². The molecular weight excluding hydrogens is 606 g/mol. The summed E-state index contributed by atoms with van der Waals surface area (Å²) in [6, 6.07) is 9.90. The first-order valence-corrected chi connectivity index (χ1v) is 16.1. The van der Waals surface area contributed by atoms with Crippen molar-refractivity contribution in [1.29, 1.82) is 0 Å². The Bertz CT molecular complexity index is 1750. The van der Waals surface area contributed by atoms with Crippen molar-refractivity contribution < 1.29 is 31.9 Å². The highest BCUT2D eigenvalue weighted by atomic mass is 32.2. The summed E-state index contributed by atoms with van der Waals surface area (Å²) < 4.78 is 42.3. The fraction of sp³-hybridized carbons (Fsp3) is 0.400. The highest BCUT2D eigenvalue weighted by Crippen LogP contribution is 2.34. The second kappa shape index (κ2) is 12.1. The van der Waals surface area contributed by atoms with Gasteiger partial charge in [-0.25, -0.2) is 28.0 Å². The van der Waals surface area contributed by atoms with Crippen LogP contribution < -0.4 is 4.90 Å². The Kier molecular flexibility index (Phi) is 8.99. The number of carbonyl (C=O) groups excluding carboxylic acids is 2. The zero-order chi connectivity index (χ0) is 32.6. The molecule has 3 aromatic heterocycles. The van der Waals surface area contributed by atoms with Crippen LogP contribution in [0.15, 0.2) is 51.9 Å². The van der Waals surface area contributed by atoms with E-state index in [0.29, 0.717) is 15.3 Å². The Morgan fingerprint density at radius 1 is 0.886 bits per heavy atom. The minimum atomic E-state index is -3.49. The average molecular weight is 642 g/mol. The quantitative estimate of drug-likeness (QED) is 0.212. The lowest BCUT2D eigenvalue weighted by molar-refractivity contribution is 0.0429. The number of hydrogen-bond acceptors (Lipinski definition) is 12. The van der Waals surface area contributed by atoms with Crippen molar-refractivity contribution in [3.8, 4) is 33.6 Å². The van der Waals surface area contributed by atoms with Crippen LogP contribution in [0.2, 0.25) is 0 Å². The standard InChI is InChI=1S/C30H35N5O7S2/c1-17(2)44(38,39)20-13-11-19(12-14-20)21-16-31-24(35(27(36)41-29(4,5)6)28(37)42-30(7,8)9)23(32-21)26-34-33-25(40-26)22-15-10-18(3)43-22/h10-17H,1-9H3. The van der Waals surface area contributed by atoms with E-state index in [1.807, 2.05) is 19.1 Å². The van der Waals surface area contributed by atoms with Gasteiger partial charge in [0.1, 0.15) is 11.2 Å². The van der Waals surface area contributed by atoms with Crippen molar-refractivity contribution in [3.05, 3.63) is 47.5 Å². The van der Waals surface area contributed by atoms with Crippen LogP contribution in [-0.2, 0) is 19.3 Å². The average Bonchev–Trinajstić information content (AvgIpc) is 3.56. The first kappa shape index (κ1) is 32.7. The molecule has 0 spiro atoms. The summed E-state index contributed by atoms with van der Waals surface area (Å²) in [6.07, 6.45) is -0.759. The van der Waals surface area contributed by atoms with Crippen molar-refractivity contribution in [3.63, 3.8) is 0 Å². The Balaban J connectivity index is 1.89. The van der Waals surface area contributed by atoms with Gasteiger partial charge >= 0.3 is 12.2 Å². The molecule has 2 amide bonds. The monoisotopic (exact) mass is 641 g/mol. The van der Waals surface area contributed by atoms with Gasteiger partial charge in [-0.1, -0.05) is 12.1 Å². The molecule has 1 aromatic carbocycles. The molecule has 4 rings (SSSR count). The molecule has 44 heavy (non-hydrogen) atoms. The van der Waals surface area contributed by atoms with Crippen LogP contribution in [0.25, 0.3) is 33.6 Å². The summed E-state index contributed by atoms with van der Waals surface area (Å²) in [5.41, 5.74) is -1.21. The predicted octanol–water partition coefficient (Wildman–Crippen LogP) is 7.09. The van der Waals surface area contributed by atoms with Gasteiger partial charge in [0.05, 0.1) is 26.9 Å². The molecule has 4 aromatic rings. The van der Waals surface area contributed by atoms with Gasteiger partial charge in [0.2, 0.25) is 0 Å². The summed E-state index contributed by atoms with van der Waals surface area (Å²) in [6.45, 7) is 15.1. The number of sulfone groups is 1. The zero-order valence-corrected chi connectivity index (χ0v) is 27.7. The van der Waals surface area contributed by atoms with E-state index in [4.69, 9.17) is 13.9 Å². The number of hydrogen-bond donors (Lipinski definition) is 0. The fourth-order valence-corrected chi connectivity index (χ4v) is 5.60. The van der Waals surface area contributed by atoms with Crippen molar-refractivity contribution in [2.24, 2.45) is 0 Å². The molecule has 0 atom stereocenters. The molecule has 0 unspecified atom stereocenters. The summed E-state index contributed by atoms with van der Waals surface area (Å²) in [5.74, 6) is -0.166. The molecule has 0 fully saturated rings. The number of benzene rings is 1. The first-order valence-electron chi connectivity index (χ1n) is 13.7. The number of nitrogens with zero attached hydrogens (tertiary/aromatic N) is 5. The predicted molar refractivity (Wildman–Crippen MR) is 166 cm³/mol. The van der Waals surface area contributed by atoms with Gasteiger partial charge in [-0.05, 0) is 86.6 Å². The first-order chi connectivity index (χ1) is 20.4. The lowest BCUT2D eigenvalue weighted by atomic mass is 10.1. The van der Waals surface area contributed by atoms with Crippen LogP contribution in [0, 0.1) is 6.92 Å². The van der Waals surface area contributed by atoms with Gasteiger partial charge in [-0.3, -0.25) is 0 Å². The second-order valence-electron chi connectivity index (χ2n) is 12.2. The molecule has 0 bridgehead atoms. The molecule has 14 heteroatoms. The van der Waals surface area contributed by atoms with Crippen molar-refractivity contribution in [1.82, 2.24) is 20.2 Å². The molecule has 12 nitrogen and oxygen atoms in total. The van der Waals surface area contributed by atoms with Gasteiger partial charge in [-0.2, -0.15) is 4.90 Å². The van der Waals surface area contributed by atoms with E-state index >= 15 is 0 Å². The number of imide groups is 1. The highest BCUT2D eigenvalue weighted by molar-refractivity contribution is 7.92. The lowest BCUT2D eigenvalue weighted by Crippen LogP contribution is -2.44. The minimum Gasteiger partial charge on any atom is -0.443 e. The summed E-state index contributed by atoms with van der Waals surface area (Å²) in [5, 5.41) is 7.72. The second-order valence-corrected chi connectivity index (χ2v) is 16.0. The molecular formula is C30H35N5O7S2. The summed E-state index contributed by atoms with van der Waals surface area (Å²) in [7, 11) is -3.49. The maximum Gasteiger partial charge on any atom is 0.425 e. The van der Waals surface area contributed by atoms with Crippen molar-refractivity contribution in [2.75, 3.05) is 4.90 Å². The van der Waals surface area contributed by atoms with E-state index in [2.05, 4.69) is 20.2 Å². The number of rotatable bonds is 6. The van der Waals surface area contributed by atoms with E-state index in [9.17, 15) is 18.0 Å². The zero-order valence-electron chi connectivity index (χ0n) is 26.0. The molecule has 0 N–H and O–H groups in total. The highest BCUT2D eigenvalue weighted by Gasteiger charge is 2.37.